The number of amides is 1. The van der Waals surface area contributed by atoms with Crippen LogP contribution in [0.4, 0.5) is 0 Å². The Morgan fingerprint density at radius 3 is 2.18 bits per heavy atom. The number of nitrogens with one attached hydrogen (secondary N) is 1. The van der Waals surface area contributed by atoms with E-state index in [9.17, 15) is 9.90 Å². The van der Waals surface area contributed by atoms with Gasteiger partial charge in [0.25, 0.3) is 0 Å². The molecule has 0 aliphatic heterocycles. The molecule has 1 amide bonds. The number of carbonyl (C=O) groups is 1. The van der Waals surface area contributed by atoms with Crippen molar-refractivity contribution < 1.29 is 9.90 Å². The third kappa shape index (κ3) is 6.64. The molecule has 0 heterocycles. The van der Waals surface area contributed by atoms with E-state index in [0.717, 1.165) is 6.42 Å². The van der Waals surface area contributed by atoms with Crippen molar-refractivity contribution in [1.29, 1.82) is 0 Å². The average molecular weight is 244 g/mol. The highest BCUT2D eigenvalue weighted by molar-refractivity contribution is 5.79. The summed E-state index contributed by atoms with van der Waals surface area (Å²) in [6.07, 6.45) is 0.756. The number of rotatable bonds is 6. The van der Waals surface area contributed by atoms with Crippen molar-refractivity contribution >= 4 is 5.91 Å². The van der Waals surface area contributed by atoms with Crippen LogP contribution in [-0.2, 0) is 4.79 Å². The van der Waals surface area contributed by atoms with Crippen LogP contribution < -0.4 is 11.1 Å². The van der Waals surface area contributed by atoms with E-state index in [1.165, 1.54) is 0 Å². The van der Waals surface area contributed by atoms with Crippen LogP contribution in [0.5, 0.6) is 0 Å². The average Bonchev–Trinajstić information content (AvgIpc) is 2.20. The molecule has 1 unspecified atom stereocenters. The standard InChI is InChI=1S/C13H28N2O2/c1-9(2)11(8-16)15-12(17)10(7-14)6-13(3,4)5/h9-11,16H,6-8,14H2,1-5H3,(H,15,17)/t10?,11-/m1/s1. The smallest absolute Gasteiger partial charge is 0.224 e. The van der Waals surface area contributed by atoms with Crippen molar-refractivity contribution in [2.75, 3.05) is 13.2 Å². The number of carbonyl (C=O) groups excluding carboxylic acids is 1. The molecule has 0 rings (SSSR count). The molecule has 0 saturated heterocycles. The van der Waals surface area contributed by atoms with Gasteiger partial charge in [0.2, 0.25) is 5.91 Å². The van der Waals surface area contributed by atoms with Crippen LogP contribution in [0.2, 0.25) is 0 Å². The predicted octanol–water partition coefficient (Wildman–Crippen LogP) is 1.13. The maximum atomic E-state index is 12.0. The van der Waals surface area contributed by atoms with Gasteiger partial charge in [0.05, 0.1) is 18.6 Å². The van der Waals surface area contributed by atoms with Crippen LogP contribution in [0.1, 0.15) is 41.0 Å². The molecule has 0 radical (unpaired) electrons. The van der Waals surface area contributed by atoms with Crippen molar-refractivity contribution in [2.45, 2.75) is 47.1 Å². The zero-order chi connectivity index (χ0) is 13.6. The van der Waals surface area contributed by atoms with Crippen LogP contribution in [0, 0.1) is 17.3 Å². The van der Waals surface area contributed by atoms with E-state index in [2.05, 4.69) is 26.1 Å². The lowest BCUT2D eigenvalue weighted by molar-refractivity contribution is -0.127. The van der Waals surface area contributed by atoms with Gasteiger partial charge in [0.15, 0.2) is 0 Å². The van der Waals surface area contributed by atoms with Gasteiger partial charge in [0, 0.05) is 6.54 Å². The maximum absolute atomic E-state index is 12.0. The van der Waals surface area contributed by atoms with E-state index in [1.54, 1.807) is 0 Å². The first-order chi connectivity index (χ1) is 7.71. The van der Waals surface area contributed by atoms with Gasteiger partial charge in [-0.1, -0.05) is 34.6 Å². The van der Waals surface area contributed by atoms with Gasteiger partial charge in [-0.3, -0.25) is 4.79 Å². The van der Waals surface area contributed by atoms with Gasteiger partial charge in [-0.2, -0.15) is 0 Å². The van der Waals surface area contributed by atoms with E-state index in [4.69, 9.17) is 5.73 Å². The van der Waals surface area contributed by atoms with Gasteiger partial charge in [-0.25, -0.2) is 0 Å². The fourth-order valence-corrected chi connectivity index (χ4v) is 1.75. The molecule has 0 spiro atoms. The second kappa shape index (κ2) is 6.97. The lowest BCUT2D eigenvalue weighted by Crippen LogP contribution is -2.46. The van der Waals surface area contributed by atoms with E-state index in [1.807, 2.05) is 13.8 Å². The lowest BCUT2D eigenvalue weighted by Gasteiger charge is -2.27. The summed E-state index contributed by atoms with van der Waals surface area (Å²) in [6.45, 7) is 10.5. The second-order valence-corrected chi connectivity index (χ2v) is 6.24. The molecule has 4 nitrogen and oxygen atoms in total. The summed E-state index contributed by atoms with van der Waals surface area (Å²) in [6, 6.07) is -0.184. The molecule has 2 atom stereocenters. The molecule has 4 N–H and O–H groups in total. The summed E-state index contributed by atoms with van der Waals surface area (Å²) in [7, 11) is 0. The van der Waals surface area contributed by atoms with Crippen molar-refractivity contribution in [3.63, 3.8) is 0 Å². The monoisotopic (exact) mass is 244 g/mol. The van der Waals surface area contributed by atoms with Gasteiger partial charge >= 0.3 is 0 Å². The molecule has 4 heteroatoms. The highest BCUT2D eigenvalue weighted by Crippen LogP contribution is 2.24. The Hall–Kier alpha value is -0.610. The largest absolute Gasteiger partial charge is 0.394 e. The Morgan fingerprint density at radius 1 is 1.35 bits per heavy atom. The number of aliphatic hydroxyl groups is 1. The third-order valence-corrected chi connectivity index (χ3v) is 2.84. The number of hydrogen-bond donors (Lipinski definition) is 3. The predicted molar refractivity (Wildman–Crippen MR) is 70.5 cm³/mol. The molecule has 0 aliphatic carbocycles. The Kier molecular flexibility index (Phi) is 6.72. The lowest BCUT2D eigenvalue weighted by atomic mass is 9.84. The van der Waals surface area contributed by atoms with Crippen molar-refractivity contribution in [3.05, 3.63) is 0 Å². The van der Waals surface area contributed by atoms with E-state index in [0.29, 0.717) is 6.54 Å². The molecule has 17 heavy (non-hydrogen) atoms. The van der Waals surface area contributed by atoms with Crippen molar-refractivity contribution in [1.82, 2.24) is 5.32 Å². The first-order valence-electron chi connectivity index (χ1n) is 6.32. The first-order valence-corrected chi connectivity index (χ1v) is 6.32. The number of hydrogen-bond acceptors (Lipinski definition) is 3. The van der Waals surface area contributed by atoms with Crippen molar-refractivity contribution in [2.24, 2.45) is 23.0 Å². The minimum Gasteiger partial charge on any atom is -0.394 e. The fraction of sp³-hybridized carbons (Fsp3) is 0.923. The summed E-state index contributed by atoms with van der Waals surface area (Å²) in [5.41, 5.74) is 5.73. The Labute approximate surface area is 105 Å². The Balaban J connectivity index is 4.44. The minimum atomic E-state index is -0.184. The first kappa shape index (κ1) is 16.4. The normalized spacial score (nSPS) is 15.8. The summed E-state index contributed by atoms with van der Waals surface area (Å²) < 4.78 is 0. The number of nitrogens with two attached hydrogens (primary N) is 1. The SMILES string of the molecule is CC(C)[C@@H](CO)NC(=O)C(CN)CC(C)(C)C. The van der Waals surface area contributed by atoms with E-state index in [-0.39, 0.29) is 35.8 Å². The molecule has 0 bridgehead atoms. The maximum Gasteiger partial charge on any atom is 0.224 e. The molecule has 0 aromatic heterocycles. The molecular formula is C13H28N2O2. The molecule has 0 fully saturated rings. The van der Waals surface area contributed by atoms with Gasteiger partial charge < -0.3 is 16.2 Å². The van der Waals surface area contributed by atoms with Gasteiger partial charge in [0.1, 0.15) is 0 Å². The summed E-state index contributed by atoms with van der Waals surface area (Å²) in [5, 5.41) is 12.1. The fourth-order valence-electron chi connectivity index (χ4n) is 1.75. The summed E-state index contributed by atoms with van der Waals surface area (Å²) in [5.74, 6) is -0.00464. The van der Waals surface area contributed by atoms with Gasteiger partial charge in [-0.15, -0.1) is 0 Å². The number of aliphatic hydroxyl groups excluding tert-OH is 1. The van der Waals surface area contributed by atoms with Crippen molar-refractivity contribution in [3.8, 4) is 0 Å². The third-order valence-electron chi connectivity index (χ3n) is 2.84. The second-order valence-electron chi connectivity index (χ2n) is 6.24. The molecule has 102 valence electrons. The Bertz CT molecular complexity index is 234. The molecule has 0 saturated carbocycles. The van der Waals surface area contributed by atoms with Crippen LogP contribution in [0.3, 0.4) is 0 Å². The summed E-state index contributed by atoms with van der Waals surface area (Å²) >= 11 is 0. The Morgan fingerprint density at radius 2 is 1.88 bits per heavy atom. The highest BCUT2D eigenvalue weighted by Gasteiger charge is 2.25. The van der Waals surface area contributed by atoms with Crippen LogP contribution in [0.25, 0.3) is 0 Å². The molecule has 0 aliphatic rings. The zero-order valence-corrected chi connectivity index (χ0v) is 11.8. The molecule has 0 aromatic carbocycles. The zero-order valence-electron chi connectivity index (χ0n) is 11.8. The van der Waals surface area contributed by atoms with Crippen LogP contribution >= 0.6 is 0 Å². The molecule has 0 aromatic rings. The summed E-state index contributed by atoms with van der Waals surface area (Å²) in [4.78, 5) is 12.0. The van der Waals surface area contributed by atoms with E-state index < -0.39 is 0 Å². The van der Waals surface area contributed by atoms with Crippen LogP contribution in [0.15, 0.2) is 0 Å². The highest BCUT2D eigenvalue weighted by atomic mass is 16.3. The van der Waals surface area contributed by atoms with Gasteiger partial charge in [-0.05, 0) is 17.8 Å². The topological polar surface area (TPSA) is 75.3 Å². The quantitative estimate of drug-likeness (QED) is 0.655. The molecular weight excluding hydrogens is 216 g/mol. The van der Waals surface area contributed by atoms with E-state index >= 15 is 0 Å². The minimum absolute atomic E-state index is 0.0315. The van der Waals surface area contributed by atoms with Crippen LogP contribution in [-0.4, -0.2) is 30.2 Å².